The van der Waals surface area contributed by atoms with Crippen LogP contribution in [0.4, 0.5) is 0 Å². The fraction of sp³-hybridized carbons (Fsp3) is 0.455. The molecule has 4 heteroatoms. The maximum Gasteiger partial charge on any atom is 0.163 e. The Bertz CT molecular complexity index is 316. The van der Waals surface area contributed by atoms with Crippen molar-refractivity contribution in [3.63, 3.8) is 0 Å². The molecule has 15 heavy (non-hydrogen) atoms. The van der Waals surface area contributed by atoms with Crippen molar-refractivity contribution in [3.8, 4) is 11.5 Å². The maximum atomic E-state index is 9.63. The van der Waals surface area contributed by atoms with Crippen LogP contribution in [0.25, 0.3) is 0 Å². The van der Waals surface area contributed by atoms with Gasteiger partial charge in [0, 0.05) is 6.04 Å². The van der Waals surface area contributed by atoms with Crippen molar-refractivity contribution in [3.05, 3.63) is 23.3 Å². The number of aryl methyl sites for hydroxylation is 1. The minimum Gasteiger partial charge on any atom is -0.504 e. The highest BCUT2D eigenvalue weighted by molar-refractivity contribution is 5.48. The number of aliphatic hydroxyl groups excluding tert-OH is 1. The summed E-state index contributed by atoms with van der Waals surface area (Å²) in [7, 11) is 1.52. The highest BCUT2D eigenvalue weighted by Gasteiger charge is 2.09. The highest BCUT2D eigenvalue weighted by atomic mass is 16.5. The van der Waals surface area contributed by atoms with Crippen molar-refractivity contribution in [2.24, 2.45) is 5.73 Å². The van der Waals surface area contributed by atoms with E-state index in [1.807, 2.05) is 13.0 Å². The molecule has 0 aliphatic heterocycles. The first kappa shape index (κ1) is 11.8. The molecule has 0 aliphatic rings. The van der Waals surface area contributed by atoms with Crippen LogP contribution in [0.2, 0.25) is 0 Å². The van der Waals surface area contributed by atoms with Gasteiger partial charge in [-0.3, -0.25) is 0 Å². The number of nitrogens with two attached hydrogens (primary N) is 1. The summed E-state index contributed by atoms with van der Waals surface area (Å²) in [6, 6.07) is 3.22. The Balaban J connectivity index is 2.93. The van der Waals surface area contributed by atoms with Crippen LogP contribution in [-0.2, 0) is 6.42 Å². The van der Waals surface area contributed by atoms with E-state index in [0.717, 1.165) is 11.1 Å². The molecule has 0 saturated carbocycles. The van der Waals surface area contributed by atoms with E-state index in [4.69, 9.17) is 15.6 Å². The van der Waals surface area contributed by atoms with Gasteiger partial charge in [0.2, 0.25) is 0 Å². The summed E-state index contributed by atoms with van der Waals surface area (Å²) in [6.45, 7) is 1.79. The van der Waals surface area contributed by atoms with Gasteiger partial charge in [-0.15, -0.1) is 0 Å². The lowest BCUT2D eigenvalue weighted by atomic mass is 10.0. The summed E-state index contributed by atoms with van der Waals surface area (Å²) in [6.07, 6.45) is 0.537. The fourth-order valence-corrected chi connectivity index (χ4v) is 1.58. The van der Waals surface area contributed by atoms with Crippen LogP contribution in [0, 0.1) is 6.92 Å². The maximum absolute atomic E-state index is 9.63. The Labute approximate surface area is 89.3 Å². The van der Waals surface area contributed by atoms with Crippen LogP contribution in [0.3, 0.4) is 0 Å². The molecule has 84 valence electrons. The molecule has 1 aromatic carbocycles. The van der Waals surface area contributed by atoms with Crippen LogP contribution in [-0.4, -0.2) is 30.0 Å². The van der Waals surface area contributed by atoms with Crippen LogP contribution in [0.5, 0.6) is 11.5 Å². The number of aliphatic hydroxyl groups is 1. The molecule has 4 N–H and O–H groups in total. The summed E-state index contributed by atoms with van der Waals surface area (Å²) in [5, 5.41) is 18.5. The molecule has 1 aromatic rings. The van der Waals surface area contributed by atoms with Gasteiger partial charge in [-0.2, -0.15) is 0 Å². The average molecular weight is 211 g/mol. The third-order valence-corrected chi connectivity index (χ3v) is 2.25. The van der Waals surface area contributed by atoms with Crippen molar-refractivity contribution in [2.75, 3.05) is 13.7 Å². The standard InChI is InChI=1S/C11H17NO3/c1-7-3-8(4-9(12)6-13)5-10(14)11(7)15-2/h3,5,9,13-14H,4,6,12H2,1-2H3/t9-/m1/s1. The Morgan fingerprint density at radius 2 is 2.13 bits per heavy atom. The molecule has 0 radical (unpaired) electrons. The summed E-state index contributed by atoms with van der Waals surface area (Å²) in [5.74, 6) is 0.592. The minimum atomic E-state index is -0.294. The summed E-state index contributed by atoms with van der Waals surface area (Å²) >= 11 is 0. The van der Waals surface area contributed by atoms with Gasteiger partial charge in [-0.25, -0.2) is 0 Å². The largest absolute Gasteiger partial charge is 0.504 e. The van der Waals surface area contributed by atoms with Crippen molar-refractivity contribution >= 4 is 0 Å². The molecule has 0 saturated heterocycles. The van der Waals surface area contributed by atoms with Crippen molar-refractivity contribution in [2.45, 2.75) is 19.4 Å². The number of rotatable bonds is 4. The number of phenolic OH excluding ortho intramolecular Hbond substituents is 1. The molecule has 1 atom stereocenters. The number of hydrogen-bond acceptors (Lipinski definition) is 4. The Morgan fingerprint density at radius 1 is 1.47 bits per heavy atom. The number of aromatic hydroxyl groups is 1. The quantitative estimate of drug-likeness (QED) is 0.680. The number of phenols is 1. The van der Waals surface area contributed by atoms with E-state index in [-0.39, 0.29) is 18.4 Å². The normalized spacial score (nSPS) is 12.5. The lowest BCUT2D eigenvalue weighted by molar-refractivity contribution is 0.265. The molecule has 1 rings (SSSR count). The zero-order valence-corrected chi connectivity index (χ0v) is 9.03. The molecular formula is C11H17NO3. The first-order chi connectivity index (χ1) is 7.08. The Hall–Kier alpha value is -1.26. The predicted molar refractivity (Wildman–Crippen MR) is 58.2 cm³/mol. The van der Waals surface area contributed by atoms with Crippen molar-refractivity contribution < 1.29 is 14.9 Å². The molecule has 0 unspecified atom stereocenters. The van der Waals surface area contributed by atoms with Gasteiger partial charge in [0.1, 0.15) is 0 Å². The Kier molecular flexibility index (Phi) is 3.94. The number of hydrogen-bond donors (Lipinski definition) is 3. The zero-order chi connectivity index (χ0) is 11.4. The molecule has 0 spiro atoms. The molecule has 0 bridgehead atoms. The average Bonchev–Trinajstić information content (AvgIpc) is 2.17. The van der Waals surface area contributed by atoms with Crippen molar-refractivity contribution in [1.29, 1.82) is 0 Å². The van der Waals surface area contributed by atoms with Gasteiger partial charge in [0.25, 0.3) is 0 Å². The molecule has 0 fully saturated rings. The first-order valence-electron chi connectivity index (χ1n) is 4.81. The molecule has 4 nitrogen and oxygen atoms in total. The second kappa shape index (κ2) is 5.00. The Morgan fingerprint density at radius 3 is 2.60 bits per heavy atom. The van der Waals surface area contributed by atoms with Crippen LogP contribution in [0.1, 0.15) is 11.1 Å². The highest BCUT2D eigenvalue weighted by Crippen LogP contribution is 2.31. The number of ether oxygens (including phenoxy) is 1. The molecule has 0 aliphatic carbocycles. The molecular weight excluding hydrogens is 194 g/mol. The fourth-order valence-electron chi connectivity index (χ4n) is 1.58. The van der Waals surface area contributed by atoms with E-state index in [1.54, 1.807) is 6.07 Å². The molecule has 0 amide bonds. The molecule has 0 heterocycles. The lowest BCUT2D eigenvalue weighted by Crippen LogP contribution is -2.26. The van der Waals surface area contributed by atoms with E-state index in [1.165, 1.54) is 7.11 Å². The van der Waals surface area contributed by atoms with Crippen LogP contribution in [0.15, 0.2) is 12.1 Å². The monoisotopic (exact) mass is 211 g/mol. The third-order valence-electron chi connectivity index (χ3n) is 2.25. The van der Waals surface area contributed by atoms with E-state index in [2.05, 4.69) is 0 Å². The second-order valence-corrected chi connectivity index (χ2v) is 3.61. The van der Waals surface area contributed by atoms with Gasteiger partial charge in [-0.05, 0) is 30.5 Å². The zero-order valence-electron chi connectivity index (χ0n) is 9.03. The summed E-state index contributed by atoms with van der Waals surface area (Å²) in [4.78, 5) is 0. The number of methoxy groups -OCH3 is 1. The number of benzene rings is 1. The van der Waals surface area contributed by atoms with E-state index >= 15 is 0 Å². The van der Waals surface area contributed by atoms with Gasteiger partial charge in [-0.1, -0.05) is 6.07 Å². The lowest BCUT2D eigenvalue weighted by Gasteiger charge is -2.12. The smallest absolute Gasteiger partial charge is 0.163 e. The second-order valence-electron chi connectivity index (χ2n) is 3.61. The van der Waals surface area contributed by atoms with Gasteiger partial charge in [0.15, 0.2) is 11.5 Å². The van der Waals surface area contributed by atoms with Crippen molar-refractivity contribution in [1.82, 2.24) is 0 Å². The SMILES string of the molecule is COc1c(C)cc(C[C@@H](N)CO)cc1O. The predicted octanol–water partition coefficient (Wildman–Crippen LogP) is 0.571. The van der Waals surface area contributed by atoms with E-state index in [0.29, 0.717) is 12.2 Å². The summed E-state index contributed by atoms with van der Waals surface area (Å²) < 4.78 is 5.03. The molecule has 0 aromatic heterocycles. The van der Waals surface area contributed by atoms with E-state index in [9.17, 15) is 5.11 Å². The summed E-state index contributed by atoms with van der Waals surface area (Å²) in [5.41, 5.74) is 7.37. The topological polar surface area (TPSA) is 75.7 Å². The first-order valence-corrected chi connectivity index (χ1v) is 4.81. The van der Waals surface area contributed by atoms with Gasteiger partial charge < -0.3 is 20.7 Å². The minimum absolute atomic E-state index is 0.0637. The van der Waals surface area contributed by atoms with E-state index < -0.39 is 0 Å². The van der Waals surface area contributed by atoms with Crippen LogP contribution >= 0.6 is 0 Å². The van der Waals surface area contributed by atoms with Gasteiger partial charge in [0.05, 0.1) is 13.7 Å². The van der Waals surface area contributed by atoms with Crippen LogP contribution < -0.4 is 10.5 Å². The van der Waals surface area contributed by atoms with Gasteiger partial charge >= 0.3 is 0 Å². The third kappa shape index (κ3) is 2.84.